The molecule has 0 spiro atoms. The third-order valence-corrected chi connectivity index (χ3v) is 6.08. The summed E-state index contributed by atoms with van der Waals surface area (Å²) in [4.78, 5) is 0. The highest BCUT2D eigenvalue weighted by Crippen LogP contribution is 2.55. The molecule has 0 saturated carbocycles. The minimum Gasteiger partial charge on any atom is -0.508 e. The molecule has 0 amide bonds. The van der Waals surface area contributed by atoms with Crippen molar-refractivity contribution in [1.82, 2.24) is 0 Å². The van der Waals surface area contributed by atoms with E-state index in [2.05, 4.69) is 0 Å². The Morgan fingerprint density at radius 3 is 1.92 bits per heavy atom. The van der Waals surface area contributed by atoms with Crippen LogP contribution in [0.15, 0.2) is 66.7 Å². The number of ether oxygens (including phenoxy) is 1. The topological polar surface area (TPSA) is 151 Å². The van der Waals surface area contributed by atoms with Gasteiger partial charge in [0.2, 0.25) is 0 Å². The fourth-order valence-electron chi connectivity index (χ4n) is 4.51. The lowest BCUT2D eigenvalue weighted by atomic mass is 9.84. The molecule has 182 valence electrons. The zero-order valence-electron chi connectivity index (χ0n) is 18.7. The van der Waals surface area contributed by atoms with E-state index in [-0.39, 0.29) is 40.2 Å². The Kier molecular flexibility index (Phi) is 5.49. The molecule has 2 atom stereocenters. The maximum absolute atomic E-state index is 11.0. The van der Waals surface area contributed by atoms with Crippen LogP contribution in [0.4, 0.5) is 0 Å². The lowest BCUT2D eigenvalue weighted by Crippen LogP contribution is -2.11. The number of rotatable bonds is 4. The van der Waals surface area contributed by atoms with E-state index in [4.69, 9.17) is 4.74 Å². The number of fused-ring (bicyclic) bond motifs is 1. The van der Waals surface area contributed by atoms with Crippen molar-refractivity contribution >= 4 is 12.2 Å². The smallest absolute Gasteiger partial charge is 0.138 e. The van der Waals surface area contributed by atoms with E-state index in [0.717, 1.165) is 0 Å². The number of hydrogen-bond acceptors (Lipinski definition) is 8. The zero-order valence-corrected chi connectivity index (χ0v) is 18.7. The van der Waals surface area contributed by atoms with Gasteiger partial charge in [0.05, 0.1) is 5.92 Å². The Hall–Kier alpha value is -4.98. The summed E-state index contributed by atoms with van der Waals surface area (Å²) in [6.45, 7) is 0. The maximum Gasteiger partial charge on any atom is 0.138 e. The minimum absolute atomic E-state index is 0.0687. The molecule has 5 rings (SSSR count). The first-order chi connectivity index (χ1) is 17.2. The molecule has 4 aromatic carbocycles. The van der Waals surface area contributed by atoms with Crippen LogP contribution in [0.1, 0.15) is 39.8 Å². The fourth-order valence-corrected chi connectivity index (χ4v) is 4.51. The van der Waals surface area contributed by atoms with Crippen molar-refractivity contribution in [3.63, 3.8) is 0 Å². The molecule has 8 nitrogen and oxygen atoms in total. The van der Waals surface area contributed by atoms with Gasteiger partial charge in [-0.3, -0.25) is 0 Å². The summed E-state index contributed by atoms with van der Waals surface area (Å²) < 4.78 is 6.19. The third-order valence-electron chi connectivity index (χ3n) is 6.08. The predicted molar refractivity (Wildman–Crippen MR) is 132 cm³/mol. The highest BCUT2D eigenvalue weighted by molar-refractivity contribution is 5.75. The number of benzene rings is 4. The van der Waals surface area contributed by atoms with Crippen molar-refractivity contribution in [2.75, 3.05) is 0 Å². The highest BCUT2D eigenvalue weighted by atomic mass is 16.5. The van der Waals surface area contributed by atoms with Gasteiger partial charge in [0, 0.05) is 34.9 Å². The Morgan fingerprint density at radius 2 is 1.25 bits per heavy atom. The van der Waals surface area contributed by atoms with Crippen LogP contribution in [0.2, 0.25) is 0 Å². The molecule has 4 aromatic rings. The number of aromatic hydroxyl groups is 7. The van der Waals surface area contributed by atoms with Gasteiger partial charge < -0.3 is 40.5 Å². The van der Waals surface area contributed by atoms with Crippen LogP contribution in [0.3, 0.4) is 0 Å². The molecule has 0 saturated heterocycles. The zero-order chi connectivity index (χ0) is 25.6. The van der Waals surface area contributed by atoms with Gasteiger partial charge in [-0.15, -0.1) is 0 Å². The first kappa shape index (κ1) is 22.8. The number of phenols is 7. The molecule has 1 aliphatic heterocycles. The van der Waals surface area contributed by atoms with E-state index in [1.165, 1.54) is 54.6 Å². The summed E-state index contributed by atoms with van der Waals surface area (Å²) in [7, 11) is 0. The van der Waals surface area contributed by atoms with Crippen molar-refractivity contribution in [2.24, 2.45) is 0 Å². The van der Waals surface area contributed by atoms with Crippen LogP contribution < -0.4 is 4.74 Å². The molecule has 36 heavy (non-hydrogen) atoms. The molecule has 1 aliphatic rings. The third kappa shape index (κ3) is 4.16. The highest BCUT2D eigenvalue weighted by Gasteiger charge is 2.40. The van der Waals surface area contributed by atoms with Gasteiger partial charge in [-0.2, -0.15) is 0 Å². The van der Waals surface area contributed by atoms with E-state index >= 15 is 0 Å². The van der Waals surface area contributed by atoms with Crippen LogP contribution in [-0.2, 0) is 0 Å². The average molecular weight is 486 g/mol. The standard InChI is InChI=1S/C28H22O8/c29-17-4-3-15(22(33)12-17)2-1-14-7-24(35)27-25(8-14)36-28(21-6-5-18(30)13-23(21)34)26(27)16-9-19(31)11-20(32)10-16/h1-13,26,28-35H/t26-,28+/m1/s1. The fraction of sp³-hybridized carbons (Fsp3) is 0.0714. The maximum atomic E-state index is 11.0. The van der Waals surface area contributed by atoms with E-state index in [0.29, 0.717) is 33.6 Å². The average Bonchev–Trinajstić information content (AvgIpc) is 3.17. The predicted octanol–water partition coefficient (Wildman–Crippen LogP) is 5.06. The van der Waals surface area contributed by atoms with Gasteiger partial charge in [0.15, 0.2) is 0 Å². The molecule has 8 heteroatoms. The van der Waals surface area contributed by atoms with Gasteiger partial charge in [-0.05, 0) is 59.7 Å². The Balaban J connectivity index is 1.61. The van der Waals surface area contributed by atoms with E-state index in [1.54, 1.807) is 24.3 Å². The van der Waals surface area contributed by atoms with Crippen molar-refractivity contribution < 1.29 is 40.5 Å². The second kappa shape index (κ2) is 8.66. The quantitative estimate of drug-likeness (QED) is 0.198. The lowest BCUT2D eigenvalue weighted by molar-refractivity contribution is 0.217. The van der Waals surface area contributed by atoms with Crippen LogP contribution >= 0.6 is 0 Å². The summed E-state index contributed by atoms with van der Waals surface area (Å²) >= 11 is 0. The van der Waals surface area contributed by atoms with Gasteiger partial charge in [0.1, 0.15) is 52.1 Å². The molecular weight excluding hydrogens is 464 g/mol. The van der Waals surface area contributed by atoms with Crippen LogP contribution in [0.5, 0.6) is 46.0 Å². The van der Waals surface area contributed by atoms with Gasteiger partial charge in [0.25, 0.3) is 0 Å². The van der Waals surface area contributed by atoms with Crippen molar-refractivity contribution in [2.45, 2.75) is 12.0 Å². The summed E-state index contributed by atoms with van der Waals surface area (Å²) in [6, 6.07) is 15.5. The monoisotopic (exact) mass is 486 g/mol. The molecular formula is C28H22O8. The van der Waals surface area contributed by atoms with Gasteiger partial charge in [-0.25, -0.2) is 0 Å². The second-order valence-corrected chi connectivity index (χ2v) is 8.57. The van der Waals surface area contributed by atoms with Crippen LogP contribution in [0.25, 0.3) is 12.2 Å². The summed E-state index contributed by atoms with van der Waals surface area (Å²) in [5.41, 5.74) is 2.17. The summed E-state index contributed by atoms with van der Waals surface area (Å²) in [6.07, 6.45) is 2.41. The molecule has 0 aromatic heterocycles. The number of hydrogen-bond donors (Lipinski definition) is 7. The Morgan fingerprint density at radius 1 is 0.583 bits per heavy atom. The number of phenolic OH excluding ortho intramolecular Hbond substituents is 7. The van der Waals surface area contributed by atoms with Gasteiger partial charge in [-0.1, -0.05) is 12.2 Å². The van der Waals surface area contributed by atoms with Crippen molar-refractivity contribution in [3.05, 3.63) is 94.5 Å². The van der Waals surface area contributed by atoms with Crippen LogP contribution in [-0.4, -0.2) is 35.7 Å². The minimum atomic E-state index is -0.854. The van der Waals surface area contributed by atoms with E-state index in [9.17, 15) is 35.7 Å². The summed E-state index contributed by atoms with van der Waals surface area (Å²) in [5.74, 6) is -1.41. The molecule has 0 fully saturated rings. The van der Waals surface area contributed by atoms with Gasteiger partial charge >= 0.3 is 0 Å². The van der Waals surface area contributed by atoms with E-state index < -0.39 is 12.0 Å². The van der Waals surface area contributed by atoms with E-state index in [1.807, 2.05) is 0 Å². The van der Waals surface area contributed by atoms with Crippen molar-refractivity contribution in [1.29, 1.82) is 0 Å². The first-order valence-corrected chi connectivity index (χ1v) is 11.0. The molecule has 0 radical (unpaired) electrons. The molecule has 1 heterocycles. The largest absolute Gasteiger partial charge is 0.508 e. The SMILES string of the molecule is Oc1cc(O)cc([C@@H]2c3c(O)cc(C=Cc4ccc(O)cc4O)cc3O[C@H]2c2ccc(O)cc2O)c1. The molecule has 7 N–H and O–H groups in total. The summed E-state index contributed by atoms with van der Waals surface area (Å²) in [5, 5.41) is 71.0. The molecule has 0 aliphatic carbocycles. The Labute approximate surface area is 205 Å². The second-order valence-electron chi connectivity index (χ2n) is 8.57. The molecule has 0 bridgehead atoms. The van der Waals surface area contributed by atoms with Crippen molar-refractivity contribution in [3.8, 4) is 46.0 Å². The lowest BCUT2D eigenvalue weighted by Gasteiger charge is -2.21. The normalized spacial score (nSPS) is 16.7. The molecule has 0 unspecified atom stereocenters. The van der Waals surface area contributed by atoms with Crippen LogP contribution in [0, 0.1) is 0 Å². The first-order valence-electron chi connectivity index (χ1n) is 11.0. The Bertz CT molecular complexity index is 1490.